The van der Waals surface area contributed by atoms with Gasteiger partial charge in [0, 0.05) is 36.0 Å². The fraction of sp³-hybridized carbons (Fsp3) is 0.278. The molecule has 1 saturated heterocycles. The summed E-state index contributed by atoms with van der Waals surface area (Å²) >= 11 is 0. The zero-order valence-corrected chi connectivity index (χ0v) is 12.9. The van der Waals surface area contributed by atoms with Gasteiger partial charge in [0.1, 0.15) is 0 Å². The molecule has 0 aliphatic carbocycles. The number of aromatic nitrogens is 3. The van der Waals surface area contributed by atoms with Crippen LogP contribution in [-0.4, -0.2) is 28.3 Å². The lowest BCUT2D eigenvalue weighted by atomic mass is 9.97. The number of benzene rings is 1. The highest BCUT2D eigenvalue weighted by Gasteiger charge is 2.18. The van der Waals surface area contributed by atoms with E-state index in [9.17, 15) is 0 Å². The number of aryl methyl sites for hydroxylation is 1. The Morgan fingerprint density at radius 3 is 2.70 bits per heavy atom. The lowest BCUT2D eigenvalue weighted by Crippen LogP contribution is -1.96. The van der Waals surface area contributed by atoms with Crippen LogP contribution in [-0.2, 0) is 4.74 Å². The lowest BCUT2D eigenvalue weighted by Gasteiger charge is -2.07. The molecule has 1 aliphatic heterocycles. The van der Waals surface area contributed by atoms with Gasteiger partial charge in [-0.25, -0.2) is 0 Å². The minimum absolute atomic E-state index is 0.501. The first kappa shape index (κ1) is 14.1. The second-order valence-corrected chi connectivity index (χ2v) is 5.86. The molecule has 0 bridgehead atoms. The molecule has 1 aliphatic rings. The van der Waals surface area contributed by atoms with Crippen molar-refractivity contribution in [1.29, 1.82) is 0 Å². The van der Waals surface area contributed by atoms with Gasteiger partial charge in [-0.1, -0.05) is 17.3 Å². The molecule has 5 heteroatoms. The predicted molar refractivity (Wildman–Crippen MR) is 85.9 cm³/mol. The molecule has 0 N–H and O–H groups in total. The average molecular weight is 307 g/mol. The maximum atomic E-state index is 5.44. The molecule has 116 valence electrons. The van der Waals surface area contributed by atoms with Crippen LogP contribution >= 0.6 is 0 Å². The second kappa shape index (κ2) is 5.93. The molecule has 0 radical (unpaired) electrons. The van der Waals surface area contributed by atoms with E-state index in [0.29, 0.717) is 17.6 Å². The topological polar surface area (TPSA) is 61.0 Å². The molecule has 1 fully saturated rings. The first-order valence-electron chi connectivity index (χ1n) is 7.73. The largest absolute Gasteiger partial charge is 0.381 e. The van der Waals surface area contributed by atoms with Crippen molar-refractivity contribution in [3.8, 4) is 22.8 Å². The van der Waals surface area contributed by atoms with Crippen LogP contribution in [0.2, 0.25) is 0 Å². The van der Waals surface area contributed by atoms with Crippen LogP contribution in [0.1, 0.15) is 23.5 Å². The molecule has 0 amide bonds. The molecule has 1 unspecified atom stereocenters. The van der Waals surface area contributed by atoms with Crippen LogP contribution in [0.5, 0.6) is 0 Å². The Balaban J connectivity index is 1.59. The zero-order chi connectivity index (χ0) is 15.6. The fourth-order valence-electron chi connectivity index (χ4n) is 2.83. The molecule has 1 aromatic carbocycles. The van der Waals surface area contributed by atoms with Crippen LogP contribution in [0, 0.1) is 6.92 Å². The van der Waals surface area contributed by atoms with Gasteiger partial charge in [-0.2, -0.15) is 4.98 Å². The van der Waals surface area contributed by atoms with E-state index in [-0.39, 0.29) is 0 Å². The molecule has 23 heavy (non-hydrogen) atoms. The number of nitrogens with zero attached hydrogens (tertiary/aromatic N) is 3. The van der Waals surface area contributed by atoms with Gasteiger partial charge in [0.25, 0.3) is 5.89 Å². The molecule has 3 heterocycles. The van der Waals surface area contributed by atoms with Crippen molar-refractivity contribution in [3.05, 3.63) is 53.9 Å². The van der Waals surface area contributed by atoms with Gasteiger partial charge >= 0.3 is 0 Å². The highest BCUT2D eigenvalue weighted by atomic mass is 16.5. The average Bonchev–Trinajstić information content (AvgIpc) is 3.27. The summed E-state index contributed by atoms with van der Waals surface area (Å²) in [4.78, 5) is 8.64. The summed E-state index contributed by atoms with van der Waals surface area (Å²) < 4.78 is 10.8. The quantitative estimate of drug-likeness (QED) is 0.739. The number of hydrogen-bond acceptors (Lipinski definition) is 5. The van der Waals surface area contributed by atoms with Crippen molar-refractivity contribution in [3.63, 3.8) is 0 Å². The van der Waals surface area contributed by atoms with E-state index in [1.54, 1.807) is 12.4 Å². The molecular formula is C18H17N3O2. The third kappa shape index (κ3) is 2.87. The predicted octanol–water partition coefficient (Wildman–Crippen LogP) is 3.61. The van der Waals surface area contributed by atoms with Gasteiger partial charge < -0.3 is 9.26 Å². The van der Waals surface area contributed by atoms with Gasteiger partial charge in [0.05, 0.1) is 6.61 Å². The minimum atomic E-state index is 0.501. The van der Waals surface area contributed by atoms with E-state index in [1.165, 1.54) is 5.56 Å². The van der Waals surface area contributed by atoms with Gasteiger partial charge in [-0.3, -0.25) is 4.98 Å². The number of hydrogen-bond donors (Lipinski definition) is 0. The van der Waals surface area contributed by atoms with Crippen molar-refractivity contribution in [2.75, 3.05) is 13.2 Å². The van der Waals surface area contributed by atoms with E-state index >= 15 is 0 Å². The summed E-state index contributed by atoms with van der Waals surface area (Å²) in [6, 6.07) is 10.3. The van der Waals surface area contributed by atoms with Crippen LogP contribution in [0.3, 0.4) is 0 Å². The monoisotopic (exact) mass is 307 g/mol. The molecule has 2 aromatic heterocycles. The number of pyridine rings is 1. The Hall–Kier alpha value is -2.53. The maximum absolute atomic E-state index is 5.44. The fourth-order valence-corrected chi connectivity index (χ4v) is 2.83. The van der Waals surface area contributed by atoms with Gasteiger partial charge in [0.2, 0.25) is 5.82 Å². The third-order valence-corrected chi connectivity index (χ3v) is 4.12. The van der Waals surface area contributed by atoms with Gasteiger partial charge in [-0.05, 0) is 42.7 Å². The van der Waals surface area contributed by atoms with Crippen LogP contribution < -0.4 is 0 Å². The highest BCUT2D eigenvalue weighted by Crippen LogP contribution is 2.28. The first-order chi connectivity index (χ1) is 11.3. The molecule has 1 atom stereocenters. The van der Waals surface area contributed by atoms with Crippen molar-refractivity contribution >= 4 is 0 Å². The van der Waals surface area contributed by atoms with Crippen molar-refractivity contribution in [2.24, 2.45) is 0 Å². The van der Waals surface area contributed by atoms with Crippen molar-refractivity contribution < 1.29 is 9.26 Å². The Bertz CT molecular complexity index is 805. The number of rotatable bonds is 3. The molecular weight excluding hydrogens is 290 g/mol. The van der Waals surface area contributed by atoms with Gasteiger partial charge in [-0.15, -0.1) is 0 Å². The summed E-state index contributed by atoms with van der Waals surface area (Å²) in [6.45, 7) is 3.65. The summed E-state index contributed by atoms with van der Waals surface area (Å²) in [7, 11) is 0. The third-order valence-electron chi connectivity index (χ3n) is 4.12. The molecule has 5 nitrogen and oxygen atoms in total. The van der Waals surface area contributed by atoms with E-state index in [1.807, 2.05) is 25.1 Å². The molecule has 3 aromatic rings. The summed E-state index contributed by atoms with van der Waals surface area (Å²) in [5.41, 5.74) is 4.15. The van der Waals surface area contributed by atoms with Crippen molar-refractivity contribution in [1.82, 2.24) is 15.1 Å². The van der Waals surface area contributed by atoms with Crippen LogP contribution in [0.4, 0.5) is 0 Å². The Kier molecular flexibility index (Phi) is 3.63. The summed E-state index contributed by atoms with van der Waals surface area (Å²) in [5, 5.41) is 4.06. The summed E-state index contributed by atoms with van der Waals surface area (Å²) in [6.07, 6.45) is 4.63. The van der Waals surface area contributed by atoms with E-state index in [0.717, 1.165) is 36.3 Å². The van der Waals surface area contributed by atoms with E-state index in [2.05, 4.69) is 27.3 Å². The molecule has 0 saturated carbocycles. The Labute approximate surface area is 134 Å². The normalized spacial score (nSPS) is 17.5. The van der Waals surface area contributed by atoms with E-state index < -0.39 is 0 Å². The summed E-state index contributed by atoms with van der Waals surface area (Å²) in [5.74, 6) is 1.58. The molecule has 4 rings (SSSR count). The Morgan fingerprint density at radius 2 is 1.96 bits per heavy atom. The van der Waals surface area contributed by atoms with Crippen molar-refractivity contribution in [2.45, 2.75) is 19.3 Å². The lowest BCUT2D eigenvalue weighted by molar-refractivity contribution is 0.194. The number of ether oxygens (including phenoxy) is 1. The Morgan fingerprint density at radius 1 is 1.09 bits per heavy atom. The smallest absolute Gasteiger partial charge is 0.258 e. The zero-order valence-electron chi connectivity index (χ0n) is 12.9. The SMILES string of the molecule is Cc1cncc(-c2noc(-c3ccc(C4CCOC4)cc3)n2)c1. The first-order valence-corrected chi connectivity index (χ1v) is 7.73. The standard InChI is InChI=1S/C18H17N3O2/c1-12-8-16(10-19-9-12)17-20-18(23-21-17)14-4-2-13(3-5-14)15-6-7-22-11-15/h2-5,8-10,15H,6-7,11H2,1H3. The van der Waals surface area contributed by atoms with Crippen LogP contribution in [0.15, 0.2) is 47.2 Å². The maximum Gasteiger partial charge on any atom is 0.258 e. The molecule has 0 spiro atoms. The van der Waals surface area contributed by atoms with Gasteiger partial charge in [0.15, 0.2) is 0 Å². The minimum Gasteiger partial charge on any atom is -0.381 e. The van der Waals surface area contributed by atoms with E-state index in [4.69, 9.17) is 9.26 Å². The highest BCUT2D eigenvalue weighted by molar-refractivity contribution is 5.59. The van der Waals surface area contributed by atoms with Crippen LogP contribution in [0.25, 0.3) is 22.8 Å². The second-order valence-electron chi connectivity index (χ2n) is 5.86.